The van der Waals surface area contributed by atoms with E-state index in [0.717, 1.165) is 77.0 Å². The molecule has 0 unspecified atom stereocenters. The zero-order chi connectivity index (χ0) is 23.8. The monoisotopic (exact) mass is 444 g/mol. The molecule has 1 aliphatic carbocycles. The summed E-state index contributed by atoms with van der Waals surface area (Å²) >= 11 is 0. The summed E-state index contributed by atoms with van der Waals surface area (Å²) in [7, 11) is 0. The van der Waals surface area contributed by atoms with Crippen molar-refractivity contribution in [3.05, 3.63) is 34.4 Å². The first-order valence-electron chi connectivity index (χ1n) is 12.6. The largest absolute Gasteiger partial charge is 0.481 e. The molecule has 0 saturated heterocycles. The van der Waals surface area contributed by atoms with Crippen molar-refractivity contribution in [2.75, 3.05) is 0 Å². The quantitative estimate of drug-likeness (QED) is 0.263. The minimum atomic E-state index is -0.702. The average molecular weight is 445 g/mol. The van der Waals surface area contributed by atoms with Crippen LogP contribution in [0.3, 0.4) is 0 Å². The van der Waals surface area contributed by atoms with Crippen LogP contribution < -0.4 is 0 Å². The molecule has 0 spiro atoms. The maximum atomic E-state index is 11.3. The number of benzene rings is 1. The Bertz CT molecular complexity index is 774. The summed E-state index contributed by atoms with van der Waals surface area (Å²) in [5.74, 6) is -1.30. The van der Waals surface area contributed by atoms with Gasteiger partial charge in [-0.25, -0.2) is 0 Å². The topological polar surface area (TPSA) is 74.6 Å². The van der Waals surface area contributed by atoms with Crippen LogP contribution >= 0.6 is 0 Å². The fourth-order valence-electron chi connectivity index (χ4n) is 4.85. The summed E-state index contributed by atoms with van der Waals surface area (Å²) in [5.41, 5.74) is 4.72. The molecule has 4 nitrogen and oxygen atoms in total. The van der Waals surface area contributed by atoms with Crippen LogP contribution in [-0.4, -0.2) is 22.2 Å². The van der Waals surface area contributed by atoms with E-state index in [1.165, 1.54) is 35.1 Å². The van der Waals surface area contributed by atoms with Crippen molar-refractivity contribution in [3.8, 4) is 0 Å². The Hall–Kier alpha value is -1.84. The van der Waals surface area contributed by atoms with Crippen LogP contribution in [0.5, 0.6) is 0 Å². The molecule has 0 bridgehead atoms. The lowest BCUT2D eigenvalue weighted by Gasteiger charge is -2.18. The van der Waals surface area contributed by atoms with Gasteiger partial charge in [-0.1, -0.05) is 56.2 Å². The number of hydrogen-bond acceptors (Lipinski definition) is 2. The van der Waals surface area contributed by atoms with Gasteiger partial charge in [0, 0.05) is 0 Å². The molecule has 4 heteroatoms. The highest BCUT2D eigenvalue weighted by atomic mass is 16.4. The third-order valence-electron chi connectivity index (χ3n) is 7.43. The first-order valence-corrected chi connectivity index (χ1v) is 12.6. The summed E-state index contributed by atoms with van der Waals surface area (Å²) in [6, 6.07) is 4.64. The van der Waals surface area contributed by atoms with Gasteiger partial charge in [0.05, 0.1) is 10.8 Å². The predicted octanol–water partition coefficient (Wildman–Crippen LogP) is 7.27. The van der Waals surface area contributed by atoms with Crippen LogP contribution in [0.4, 0.5) is 0 Å². The van der Waals surface area contributed by atoms with Gasteiger partial charge in [0.15, 0.2) is 0 Å². The summed E-state index contributed by atoms with van der Waals surface area (Å²) in [6.45, 7) is 8.02. The van der Waals surface area contributed by atoms with Gasteiger partial charge in [-0.2, -0.15) is 0 Å². The molecule has 1 aliphatic rings. The van der Waals surface area contributed by atoms with Crippen molar-refractivity contribution in [1.29, 1.82) is 0 Å². The Morgan fingerprint density at radius 1 is 0.875 bits per heavy atom. The smallest absolute Gasteiger partial charge is 0.309 e. The molecule has 1 saturated carbocycles. The van der Waals surface area contributed by atoms with E-state index in [-0.39, 0.29) is 5.41 Å². The van der Waals surface area contributed by atoms with Crippen LogP contribution in [0.1, 0.15) is 113 Å². The third kappa shape index (κ3) is 7.94. The van der Waals surface area contributed by atoms with E-state index in [9.17, 15) is 19.8 Å². The van der Waals surface area contributed by atoms with Crippen LogP contribution in [0.2, 0.25) is 0 Å². The van der Waals surface area contributed by atoms with Gasteiger partial charge in [-0.05, 0) is 95.8 Å². The molecule has 1 fully saturated rings. The van der Waals surface area contributed by atoms with Gasteiger partial charge in [0.2, 0.25) is 0 Å². The molecule has 0 amide bonds. The lowest BCUT2D eigenvalue weighted by atomic mass is 9.86. The molecule has 0 aromatic heterocycles. The number of carboxylic acid groups (broad SMARTS) is 2. The van der Waals surface area contributed by atoms with Gasteiger partial charge in [0.1, 0.15) is 0 Å². The Balaban J connectivity index is 1.72. The first-order chi connectivity index (χ1) is 15.1. The van der Waals surface area contributed by atoms with E-state index in [0.29, 0.717) is 0 Å². The maximum absolute atomic E-state index is 11.3. The van der Waals surface area contributed by atoms with Gasteiger partial charge in [-0.3, -0.25) is 9.59 Å². The summed E-state index contributed by atoms with van der Waals surface area (Å²) in [5, 5.41) is 18.5. The number of aryl methyl sites for hydroxylation is 3. The van der Waals surface area contributed by atoms with Crippen molar-refractivity contribution in [2.45, 2.75) is 118 Å². The molecule has 32 heavy (non-hydrogen) atoms. The number of carboxylic acids is 2. The van der Waals surface area contributed by atoms with Crippen LogP contribution in [0, 0.1) is 24.7 Å². The van der Waals surface area contributed by atoms with Crippen molar-refractivity contribution < 1.29 is 19.8 Å². The van der Waals surface area contributed by atoms with Crippen LogP contribution in [0.15, 0.2) is 12.1 Å². The highest BCUT2D eigenvalue weighted by Crippen LogP contribution is 2.50. The molecular formula is C28H44O4. The zero-order valence-electron chi connectivity index (χ0n) is 20.8. The van der Waals surface area contributed by atoms with E-state index < -0.39 is 17.4 Å². The Morgan fingerprint density at radius 2 is 1.47 bits per heavy atom. The Labute approximate surface area is 194 Å². The molecule has 2 N–H and O–H groups in total. The van der Waals surface area contributed by atoms with Crippen molar-refractivity contribution in [2.24, 2.45) is 10.8 Å². The van der Waals surface area contributed by atoms with Gasteiger partial charge >= 0.3 is 11.9 Å². The number of aliphatic carboxylic acids is 2. The van der Waals surface area contributed by atoms with Crippen LogP contribution in [-0.2, 0) is 22.4 Å². The lowest BCUT2D eigenvalue weighted by Crippen LogP contribution is -2.23. The Morgan fingerprint density at radius 3 is 2.06 bits per heavy atom. The van der Waals surface area contributed by atoms with E-state index >= 15 is 0 Å². The normalized spacial score (nSPS) is 15.0. The zero-order valence-corrected chi connectivity index (χ0v) is 20.8. The van der Waals surface area contributed by atoms with Crippen molar-refractivity contribution in [3.63, 3.8) is 0 Å². The standard InChI is InChI=1S/C28H44O4/c1-21-19-22(2)24(14-10-6-7-11-15-27(3,4)25(29)30)23(20-21)13-9-5-8-12-16-28(17-18-28)26(31)32/h19-20H,5-18H2,1-4H3,(H,29,30)(H,31,32). The van der Waals surface area contributed by atoms with Crippen molar-refractivity contribution >= 4 is 11.9 Å². The molecule has 1 aromatic carbocycles. The average Bonchev–Trinajstić information content (AvgIpc) is 3.49. The highest BCUT2D eigenvalue weighted by Gasteiger charge is 2.49. The van der Waals surface area contributed by atoms with E-state index in [1.807, 2.05) is 13.8 Å². The molecule has 0 aliphatic heterocycles. The number of unbranched alkanes of at least 4 members (excludes halogenated alkanes) is 6. The molecule has 1 aromatic rings. The minimum Gasteiger partial charge on any atom is -0.481 e. The van der Waals surface area contributed by atoms with Crippen LogP contribution in [0.25, 0.3) is 0 Å². The van der Waals surface area contributed by atoms with Gasteiger partial charge in [0.25, 0.3) is 0 Å². The van der Waals surface area contributed by atoms with Gasteiger partial charge < -0.3 is 10.2 Å². The number of rotatable bonds is 16. The Kier molecular flexibility index (Phi) is 9.79. The number of hydrogen-bond donors (Lipinski definition) is 2. The molecule has 180 valence electrons. The lowest BCUT2D eigenvalue weighted by molar-refractivity contribution is -0.147. The molecular weight excluding hydrogens is 400 g/mol. The molecule has 0 radical (unpaired) electrons. The van der Waals surface area contributed by atoms with Gasteiger partial charge in [-0.15, -0.1) is 0 Å². The predicted molar refractivity (Wildman–Crippen MR) is 130 cm³/mol. The maximum Gasteiger partial charge on any atom is 0.309 e. The molecule has 2 rings (SSSR count). The summed E-state index contributed by atoms with van der Waals surface area (Å²) in [6.07, 6.45) is 14.4. The van der Waals surface area contributed by atoms with Crippen molar-refractivity contribution in [1.82, 2.24) is 0 Å². The van der Waals surface area contributed by atoms with E-state index in [4.69, 9.17) is 0 Å². The third-order valence-corrected chi connectivity index (χ3v) is 7.43. The first kappa shape index (κ1) is 26.4. The second kappa shape index (κ2) is 11.9. The number of carbonyl (C=O) groups is 2. The van der Waals surface area contributed by atoms with E-state index in [1.54, 1.807) is 0 Å². The fraction of sp³-hybridized carbons (Fsp3) is 0.714. The SMILES string of the molecule is Cc1cc(C)c(CCCCCCC(C)(C)C(=O)O)c(CCCCCCC2(C(=O)O)CC2)c1. The fourth-order valence-corrected chi connectivity index (χ4v) is 4.85. The highest BCUT2D eigenvalue weighted by molar-refractivity contribution is 5.77. The van der Waals surface area contributed by atoms with E-state index in [2.05, 4.69) is 26.0 Å². The molecule has 0 atom stereocenters. The summed E-state index contributed by atoms with van der Waals surface area (Å²) in [4.78, 5) is 22.5. The second-order valence-electron chi connectivity index (χ2n) is 10.8. The minimum absolute atomic E-state index is 0.371. The summed E-state index contributed by atoms with van der Waals surface area (Å²) < 4.78 is 0. The molecule has 0 heterocycles. The second-order valence-corrected chi connectivity index (χ2v) is 10.8.